The fourth-order valence-corrected chi connectivity index (χ4v) is 4.31. The van der Waals surface area contributed by atoms with Crippen LogP contribution in [0.2, 0.25) is 0 Å². The van der Waals surface area contributed by atoms with Crippen molar-refractivity contribution in [2.75, 3.05) is 20.2 Å². The largest absolute Gasteiger partial charge is 0.496 e. The van der Waals surface area contributed by atoms with Crippen molar-refractivity contribution in [3.63, 3.8) is 0 Å². The highest BCUT2D eigenvalue weighted by molar-refractivity contribution is 9.11. The maximum Gasteiger partial charge on any atom is 0.257 e. The Bertz CT molecular complexity index is 825. The number of hydrogen-bond donors (Lipinski definition) is 0. The number of nitrogens with zero attached hydrogens (tertiary/aromatic N) is 1. The van der Waals surface area contributed by atoms with Crippen LogP contribution in [0.25, 0.3) is 0 Å². The molecule has 2 aromatic rings. The Morgan fingerprint density at radius 1 is 1.11 bits per heavy atom. The lowest BCUT2D eigenvalue weighted by Crippen LogP contribution is -2.28. The molecule has 27 heavy (non-hydrogen) atoms. The van der Waals surface area contributed by atoms with E-state index < -0.39 is 0 Å². The van der Waals surface area contributed by atoms with Gasteiger partial charge in [-0.1, -0.05) is 13.8 Å². The zero-order chi connectivity index (χ0) is 19.6. The minimum absolute atomic E-state index is 0.0224. The van der Waals surface area contributed by atoms with Crippen LogP contribution in [0.3, 0.4) is 0 Å². The number of likely N-dealkylation sites (tertiary alicyclic amines) is 1. The molecule has 143 valence electrons. The molecule has 1 aliphatic heterocycles. The molecule has 2 aromatic carbocycles. The number of methoxy groups -OCH3 is 1. The summed E-state index contributed by atoms with van der Waals surface area (Å²) in [5, 5.41) is 0. The molecule has 0 aromatic heterocycles. The summed E-state index contributed by atoms with van der Waals surface area (Å²) >= 11 is 7.00. The minimum Gasteiger partial charge on any atom is -0.496 e. The van der Waals surface area contributed by atoms with Crippen LogP contribution in [0.4, 0.5) is 0 Å². The van der Waals surface area contributed by atoms with Gasteiger partial charge in [-0.2, -0.15) is 0 Å². The maximum absolute atomic E-state index is 13.1. The van der Waals surface area contributed by atoms with Crippen molar-refractivity contribution in [1.29, 1.82) is 0 Å². The third-order valence-electron chi connectivity index (χ3n) is 4.64. The highest BCUT2D eigenvalue weighted by Gasteiger charge is 2.26. The summed E-state index contributed by atoms with van der Waals surface area (Å²) in [7, 11) is 1.63. The molecule has 0 N–H and O–H groups in total. The van der Waals surface area contributed by atoms with Gasteiger partial charge in [0.1, 0.15) is 11.5 Å². The molecular weight excluding hydrogens is 474 g/mol. The quantitative estimate of drug-likeness (QED) is 0.497. The lowest BCUT2D eigenvalue weighted by Gasteiger charge is -2.21. The van der Waals surface area contributed by atoms with Crippen molar-refractivity contribution in [3.8, 4) is 17.2 Å². The standard InChI is InChI=1S/C21H22Br2NO3/c1-13(2)14-11-19(27-20-16(22)7-6-8-17(20)23)15(12-18(14)26-3)21(25)24-9-4-5-10-24/h7-8,11-13H,4-5,9-10H2,1-3H3. The number of ether oxygens (including phenoxy) is 2. The first kappa shape index (κ1) is 20.2. The number of carbonyl (C=O) groups is 1. The van der Waals surface area contributed by atoms with E-state index in [9.17, 15) is 4.79 Å². The lowest BCUT2D eigenvalue weighted by molar-refractivity contribution is 0.0789. The zero-order valence-corrected chi connectivity index (χ0v) is 18.8. The fraction of sp³-hybridized carbons (Fsp3) is 0.381. The molecule has 1 radical (unpaired) electrons. The number of amides is 1. The van der Waals surface area contributed by atoms with Crippen molar-refractivity contribution in [2.45, 2.75) is 32.6 Å². The second-order valence-corrected chi connectivity index (χ2v) is 8.54. The van der Waals surface area contributed by atoms with Crippen LogP contribution in [0, 0.1) is 6.07 Å². The van der Waals surface area contributed by atoms with Gasteiger partial charge in [-0.15, -0.1) is 0 Å². The van der Waals surface area contributed by atoms with Crippen LogP contribution in [0.1, 0.15) is 48.5 Å². The van der Waals surface area contributed by atoms with Crippen molar-refractivity contribution < 1.29 is 14.3 Å². The van der Waals surface area contributed by atoms with Gasteiger partial charge in [-0.25, -0.2) is 0 Å². The first-order valence-corrected chi connectivity index (χ1v) is 10.5. The third kappa shape index (κ3) is 4.32. The Morgan fingerprint density at radius 3 is 2.30 bits per heavy atom. The number of benzene rings is 2. The first-order valence-electron chi connectivity index (χ1n) is 8.96. The third-order valence-corrected chi connectivity index (χ3v) is 5.82. The second-order valence-electron chi connectivity index (χ2n) is 6.83. The van der Waals surface area contributed by atoms with Gasteiger partial charge in [0.25, 0.3) is 5.91 Å². The Kier molecular flexibility index (Phi) is 6.48. The van der Waals surface area contributed by atoms with Gasteiger partial charge in [0.15, 0.2) is 5.75 Å². The Hall–Kier alpha value is -1.53. The molecule has 0 unspecified atom stereocenters. The molecule has 0 saturated carbocycles. The van der Waals surface area contributed by atoms with Crippen LogP contribution < -0.4 is 9.47 Å². The van der Waals surface area contributed by atoms with E-state index in [1.807, 2.05) is 17.0 Å². The molecule has 1 saturated heterocycles. The van der Waals surface area contributed by atoms with Gasteiger partial charge in [-0.3, -0.25) is 4.79 Å². The Morgan fingerprint density at radius 2 is 1.74 bits per heavy atom. The van der Waals surface area contributed by atoms with Crippen LogP contribution in [-0.4, -0.2) is 31.0 Å². The monoisotopic (exact) mass is 494 g/mol. The van der Waals surface area contributed by atoms with Crippen molar-refractivity contribution in [3.05, 3.63) is 50.4 Å². The lowest BCUT2D eigenvalue weighted by atomic mass is 9.98. The number of rotatable bonds is 5. The average Bonchev–Trinajstić information content (AvgIpc) is 3.18. The van der Waals surface area contributed by atoms with Crippen molar-refractivity contribution in [2.24, 2.45) is 0 Å². The predicted molar refractivity (Wildman–Crippen MR) is 113 cm³/mol. The van der Waals surface area contributed by atoms with Gasteiger partial charge in [0, 0.05) is 18.7 Å². The fourth-order valence-electron chi connectivity index (χ4n) is 3.19. The van der Waals surface area contributed by atoms with Gasteiger partial charge in [0.05, 0.1) is 21.6 Å². The molecule has 3 rings (SSSR count). The van der Waals surface area contributed by atoms with Crippen molar-refractivity contribution in [1.82, 2.24) is 4.90 Å². The molecule has 0 aliphatic carbocycles. The van der Waals surface area contributed by atoms with Crippen LogP contribution >= 0.6 is 31.9 Å². The van der Waals surface area contributed by atoms with E-state index in [1.165, 1.54) is 0 Å². The van der Waals surface area contributed by atoms with E-state index >= 15 is 0 Å². The molecule has 4 nitrogen and oxygen atoms in total. The van der Waals surface area contributed by atoms with E-state index in [0.29, 0.717) is 22.8 Å². The number of hydrogen-bond acceptors (Lipinski definition) is 3. The second kappa shape index (κ2) is 8.65. The molecule has 1 fully saturated rings. The summed E-state index contributed by atoms with van der Waals surface area (Å²) < 4.78 is 13.3. The highest BCUT2D eigenvalue weighted by Crippen LogP contribution is 2.41. The molecular formula is C21H22Br2NO3. The summed E-state index contributed by atoms with van der Waals surface area (Å²) in [6.07, 6.45) is 2.07. The van der Waals surface area contributed by atoms with E-state index in [0.717, 1.165) is 40.4 Å². The molecule has 0 atom stereocenters. The normalized spacial score (nSPS) is 13.9. The predicted octanol–water partition coefficient (Wildman–Crippen LogP) is 6.17. The SMILES string of the molecule is COc1cc(C(=O)N2CCCC2)c(Oc2c(Br)c[c]cc2Br)cc1C(C)C. The van der Waals surface area contributed by atoms with Crippen LogP contribution in [0.15, 0.2) is 33.2 Å². The molecule has 0 bridgehead atoms. The summed E-state index contributed by atoms with van der Waals surface area (Å²) in [4.78, 5) is 15.0. The molecule has 6 heteroatoms. The topological polar surface area (TPSA) is 38.8 Å². The van der Waals surface area contributed by atoms with Gasteiger partial charge >= 0.3 is 0 Å². The van der Waals surface area contributed by atoms with E-state index in [-0.39, 0.29) is 11.8 Å². The molecule has 1 heterocycles. The van der Waals surface area contributed by atoms with Gasteiger partial charge in [-0.05, 0) is 81.0 Å². The smallest absolute Gasteiger partial charge is 0.257 e. The minimum atomic E-state index is -0.0224. The maximum atomic E-state index is 13.1. The summed E-state index contributed by atoms with van der Waals surface area (Å²) in [6, 6.07) is 10.3. The summed E-state index contributed by atoms with van der Waals surface area (Å²) in [6.45, 7) is 5.74. The zero-order valence-electron chi connectivity index (χ0n) is 15.6. The summed E-state index contributed by atoms with van der Waals surface area (Å²) in [5.41, 5.74) is 1.52. The molecule has 0 spiro atoms. The van der Waals surface area contributed by atoms with Gasteiger partial charge in [0.2, 0.25) is 0 Å². The summed E-state index contributed by atoms with van der Waals surface area (Å²) in [5.74, 6) is 2.06. The molecule has 1 aliphatic rings. The van der Waals surface area contributed by atoms with E-state index in [4.69, 9.17) is 9.47 Å². The van der Waals surface area contributed by atoms with E-state index in [1.54, 1.807) is 19.2 Å². The Balaban J connectivity index is 2.11. The van der Waals surface area contributed by atoms with E-state index in [2.05, 4.69) is 51.8 Å². The van der Waals surface area contributed by atoms with Crippen molar-refractivity contribution >= 4 is 37.8 Å². The average molecular weight is 496 g/mol. The number of carbonyl (C=O) groups excluding carboxylic acids is 1. The van der Waals surface area contributed by atoms with Gasteiger partial charge < -0.3 is 14.4 Å². The van der Waals surface area contributed by atoms with Crippen LogP contribution in [-0.2, 0) is 0 Å². The number of halogens is 2. The first-order chi connectivity index (χ1) is 12.9. The highest BCUT2D eigenvalue weighted by atomic mass is 79.9. The van der Waals surface area contributed by atoms with Crippen LogP contribution in [0.5, 0.6) is 17.2 Å². The Labute approximate surface area is 177 Å². The molecule has 1 amide bonds.